The first-order valence-corrected chi connectivity index (χ1v) is 7.92. The van der Waals surface area contributed by atoms with Gasteiger partial charge in [-0.15, -0.1) is 0 Å². The molecule has 1 saturated heterocycles. The third-order valence-electron chi connectivity index (χ3n) is 2.95. The van der Waals surface area contributed by atoms with Crippen LogP contribution in [0.5, 0.6) is 0 Å². The molecule has 2 N–H and O–H groups in total. The van der Waals surface area contributed by atoms with Crippen LogP contribution in [0.3, 0.4) is 0 Å². The van der Waals surface area contributed by atoms with Crippen LogP contribution < -0.4 is 10.6 Å². The fourth-order valence-electron chi connectivity index (χ4n) is 1.90. The molecule has 0 aromatic rings. The number of hydrogen-bond donors (Lipinski definition) is 2. The lowest BCUT2D eigenvalue weighted by atomic mass is 10.1. The highest BCUT2D eigenvalue weighted by Crippen LogP contribution is 2.23. The van der Waals surface area contributed by atoms with Crippen molar-refractivity contribution in [1.82, 2.24) is 10.6 Å². The Bertz CT molecular complexity index is 448. The lowest BCUT2D eigenvalue weighted by Crippen LogP contribution is -2.53. The molecular weight excluding hydrogens is 312 g/mol. The number of carbonyl (C=O) groups excluding carboxylic acids is 4. The first-order valence-electron chi connectivity index (χ1n) is 6.94. The molecule has 1 aliphatic heterocycles. The van der Waals surface area contributed by atoms with Gasteiger partial charge in [0.25, 0.3) is 5.72 Å². The Morgan fingerprint density at radius 1 is 1.32 bits per heavy atom. The largest absolute Gasteiger partial charge is 0.416 e. The molecular formula is C13H20N2O6S. The summed E-state index contributed by atoms with van der Waals surface area (Å²) in [6, 6.07) is 0. The van der Waals surface area contributed by atoms with Crippen molar-refractivity contribution in [2.75, 3.05) is 19.3 Å². The summed E-state index contributed by atoms with van der Waals surface area (Å²) < 4.78 is 9.78. The van der Waals surface area contributed by atoms with Crippen LogP contribution in [0.15, 0.2) is 0 Å². The minimum absolute atomic E-state index is 0.0159. The van der Waals surface area contributed by atoms with Crippen molar-refractivity contribution in [1.29, 1.82) is 0 Å². The summed E-state index contributed by atoms with van der Waals surface area (Å²) in [6.45, 7) is 1.92. The van der Waals surface area contributed by atoms with Crippen molar-refractivity contribution < 1.29 is 28.7 Å². The van der Waals surface area contributed by atoms with Crippen LogP contribution in [0.4, 0.5) is 4.79 Å². The third kappa shape index (κ3) is 5.64. The number of amides is 1. The predicted octanol–water partition coefficient (Wildman–Crippen LogP) is 0.552. The van der Waals surface area contributed by atoms with Gasteiger partial charge in [0.1, 0.15) is 0 Å². The van der Waals surface area contributed by atoms with Crippen LogP contribution in [0.25, 0.3) is 0 Å². The fraction of sp³-hybridized carbons (Fsp3) is 0.692. The van der Waals surface area contributed by atoms with E-state index in [1.165, 1.54) is 14.0 Å². The highest BCUT2D eigenvalue weighted by Gasteiger charge is 2.47. The van der Waals surface area contributed by atoms with Gasteiger partial charge in [-0.05, 0) is 19.4 Å². The lowest BCUT2D eigenvalue weighted by molar-refractivity contribution is -0.175. The zero-order chi connectivity index (χ0) is 16.6. The zero-order valence-corrected chi connectivity index (χ0v) is 13.4. The van der Waals surface area contributed by atoms with Crippen molar-refractivity contribution in [3.8, 4) is 0 Å². The number of hydrogen-bond acceptors (Lipinski definition) is 8. The van der Waals surface area contributed by atoms with Crippen molar-refractivity contribution in [3.63, 3.8) is 0 Å². The van der Waals surface area contributed by atoms with E-state index in [0.717, 1.165) is 11.8 Å². The second-order valence-corrected chi connectivity index (χ2v) is 5.97. The molecule has 124 valence electrons. The van der Waals surface area contributed by atoms with E-state index in [9.17, 15) is 19.2 Å². The predicted molar refractivity (Wildman–Crippen MR) is 79.0 cm³/mol. The smallest absolute Gasteiger partial charge is 0.409 e. The number of ether oxygens (including phenoxy) is 2. The van der Waals surface area contributed by atoms with E-state index in [2.05, 4.69) is 10.6 Å². The molecule has 0 aromatic carbocycles. The first-order chi connectivity index (χ1) is 10.4. The molecule has 1 atom stereocenters. The van der Waals surface area contributed by atoms with Gasteiger partial charge in [0.15, 0.2) is 5.12 Å². The molecule has 0 saturated carbocycles. The normalized spacial score (nSPS) is 20.3. The first kappa shape index (κ1) is 18.4. The summed E-state index contributed by atoms with van der Waals surface area (Å²) >= 11 is 1.11. The molecule has 0 radical (unpaired) electrons. The summed E-state index contributed by atoms with van der Waals surface area (Å²) in [4.78, 5) is 45.8. The van der Waals surface area contributed by atoms with Gasteiger partial charge in [-0.1, -0.05) is 11.8 Å². The maximum atomic E-state index is 12.1. The summed E-state index contributed by atoms with van der Waals surface area (Å²) in [7, 11) is 1.37. The second-order valence-electron chi connectivity index (χ2n) is 4.70. The maximum Gasteiger partial charge on any atom is 0.409 e. The van der Waals surface area contributed by atoms with E-state index in [4.69, 9.17) is 9.47 Å². The molecule has 1 heterocycles. The molecule has 1 fully saturated rings. The highest BCUT2D eigenvalue weighted by atomic mass is 32.2. The molecule has 0 aromatic heterocycles. The van der Waals surface area contributed by atoms with Gasteiger partial charge in [-0.2, -0.15) is 0 Å². The van der Waals surface area contributed by atoms with E-state index >= 15 is 0 Å². The number of thioether (sulfide) groups is 1. The average Bonchev–Trinajstić information content (AvgIpc) is 2.93. The van der Waals surface area contributed by atoms with Gasteiger partial charge < -0.3 is 14.8 Å². The highest BCUT2D eigenvalue weighted by molar-refractivity contribution is 8.13. The number of nitrogens with one attached hydrogen (secondary N) is 2. The van der Waals surface area contributed by atoms with Crippen LogP contribution in [0.2, 0.25) is 0 Å². The Hall–Kier alpha value is -1.61. The molecule has 0 bridgehead atoms. The molecule has 1 rings (SSSR count). The van der Waals surface area contributed by atoms with Gasteiger partial charge in [0.05, 0.1) is 0 Å². The topological polar surface area (TPSA) is 111 Å². The van der Waals surface area contributed by atoms with Gasteiger partial charge in [-0.25, -0.2) is 9.59 Å². The Morgan fingerprint density at radius 2 is 2.05 bits per heavy atom. The van der Waals surface area contributed by atoms with E-state index in [0.29, 0.717) is 25.1 Å². The molecule has 8 nitrogen and oxygen atoms in total. The molecule has 22 heavy (non-hydrogen) atoms. The van der Waals surface area contributed by atoms with Crippen molar-refractivity contribution in [2.45, 2.75) is 38.3 Å². The van der Waals surface area contributed by atoms with Gasteiger partial charge >= 0.3 is 18.0 Å². The summed E-state index contributed by atoms with van der Waals surface area (Å²) in [6.07, 6.45) is 0.522. The van der Waals surface area contributed by atoms with Crippen LogP contribution in [0, 0.1) is 0 Å². The average molecular weight is 332 g/mol. The number of alkyl carbamates (subject to hydrolysis) is 1. The van der Waals surface area contributed by atoms with Gasteiger partial charge in [0, 0.05) is 32.6 Å². The van der Waals surface area contributed by atoms with Crippen molar-refractivity contribution in [2.24, 2.45) is 0 Å². The van der Waals surface area contributed by atoms with Gasteiger partial charge in [-0.3, -0.25) is 14.9 Å². The van der Waals surface area contributed by atoms with Crippen LogP contribution in [0.1, 0.15) is 32.6 Å². The van der Waals surface area contributed by atoms with E-state index in [-0.39, 0.29) is 18.0 Å². The Morgan fingerprint density at radius 3 is 2.59 bits per heavy atom. The van der Waals surface area contributed by atoms with E-state index in [1.54, 1.807) is 0 Å². The molecule has 0 spiro atoms. The fourth-order valence-corrected chi connectivity index (χ4v) is 2.47. The Labute approximate surface area is 132 Å². The van der Waals surface area contributed by atoms with Crippen molar-refractivity contribution >= 4 is 34.9 Å². The Kier molecular flexibility index (Phi) is 7.33. The van der Waals surface area contributed by atoms with E-state index in [1.807, 2.05) is 0 Å². The molecule has 1 aliphatic rings. The number of esters is 2. The van der Waals surface area contributed by atoms with Crippen molar-refractivity contribution in [3.05, 3.63) is 0 Å². The quantitative estimate of drug-likeness (QED) is 0.412. The minimum Gasteiger partial charge on any atom is -0.416 e. The number of rotatable bonds is 6. The van der Waals surface area contributed by atoms with Crippen LogP contribution in [-0.4, -0.2) is 48.2 Å². The monoisotopic (exact) mass is 332 g/mol. The zero-order valence-electron chi connectivity index (χ0n) is 12.6. The van der Waals surface area contributed by atoms with Crippen LogP contribution >= 0.6 is 11.8 Å². The minimum atomic E-state index is -1.61. The molecule has 0 unspecified atom stereocenters. The molecule has 0 aliphatic carbocycles. The van der Waals surface area contributed by atoms with Gasteiger partial charge in [0.2, 0.25) is 0 Å². The lowest BCUT2D eigenvalue weighted by Gasteiger charge is -2.25. The molecule has 9 heteroatoms. The molecule has 1 amide bonds. The SMILES string of the molecule is CNC(=O)O[C@]1(C(=O)OC(=O)CCCSC(C)=O)CCCN1. The number of carbonyl (C=O) groups is 4. The second kappa shape index (κ2) is 8.74. The third-order valence-corrected chi connectivity index (χ3v) is 3.85. The standard InChI is InChI=1S/C13H20N2O6S/c1-9(16)22-8-3-5-10(17)20-11(18)13(6-4-7-15-13)21-12(19)14-2/h15H,3-8H2,1-2H3,(H,14,19)/t13-/m0/s1. The van der Waals surface area contributed by atoms with Crippen LogP contribution in [-0.2, 0) is 23.9 Å². The summed E-state index contributed by atoms with van der Waals surface area (Å²) in [5.74, 6) is -1.14. The maximum absolute atomic E-state index is 12.1. The summed E-state index contributed by atoms with van der Waals surface area (Å²) in [5, 5.41) is 4.98. The Balaban J connectivity index is 2.48. The summed E-state index contributed by atoms with van der Waals surface area (Å²) in [5.41, 5.74) is -1.61. The van der Waals surface area contributed by atoms with E-state index < -0.39 is 23.8 Å².